The van der Waals surface area contributed by atoms with Gasteiger partial charge < -0.3 is 9.88 Å². The molecule has 1 aromatic heterocycles. The molecule has 0 unspecified atom stereocenters. The highest BCUT2D eigenvalue weighted by atomic mass is 35.5. The highest BCUT2D eigenvalue weighted by molar-refractivity contribution is 6.33. The fourth-order valence-corrected chi connectivity index (χ4v) is 3.24. The zero-order valence-electron chi connectivity index (χ0n) is 12.7. The predicted molar refractivity (Wildman–Crippen MR) is 87.5 cm³/mol. The largest absolute Gasteiger partial charge is 0.416 e. The third-order valence-electron chi connectivity index (χ3n) is 4.17. The van der Waals surface area contributed by atoms with E-state index in [1.807, 2.05) is 0 Å². The van der Waals surface area contributed by atoms with Crippen LogP contribution in [0.15, 0.2) is 36.4 Å². The number of benzene rings is 2. The summed E-state index contributed by atoms with van der Waals surface area (Å²) in [7, 11) is 0. The fourth-order valence-electron chi connectivity index (χ4n) is 3.04. The van der Waals surface area contributed by atoms with Gasteiger partial charge in [-0.25, -0.2) is 4.98 Å². The number of alkyl halides is 3. The second-order valence-electron chi connectivity index (χ2n) is 5.71. The van der Waals surface area contributed by atoms with E-state index in [9.17, 15) is 18.0 Å². The zero-order valence-corrected chi connectivity index (χ0v) is 13.4. The van der Waals surface area contributed by atoms with Gasteiger partial charge >= 0.3 is 6.18 Å². The molecule has 1 aliphatic heterocycles. The first-order valence-corrected chi connectivity index (χ1v) is 7.88. The van der Waals surface area contributed by atoms with E-state index in [0.29, 0.717) is 35.5 Å². The zero-order chi connectivity index (χ0) is 17.8. The lowest BCUT2D eigenvalue weighted by molar-refractivity contribution is -0.137. The molecule has 0 saturated heterocycles. The third-order valence-corrected chi connectivity index (χ3v) is 4.50. The van der Waals surface area contributed by atoms with Gasteiger partial charge in [0, 0.05) is 18.7 Å². The van der Waals surface area contributed by atoms with Crippen LogP contribution in [-0.4, -0.2) is 22.0 Å². The summed E-state index contributed by atoms with van der Waals surface area (Å²) in [5, 5.41) is 2.94. The molecule has 3 aromatic rings. The first-order chi connectivity index (χ1) is 11.9. The molecule has 25 heavy (non-hydrogen) atoms. The van der Waals surface area contributed by atoms with Gasteiger partial charge in [-0.3, -0.25) is 4.79 Å². The molecule has 1 aliphatic rings. The maximum atomic E-state index is 13.1. The number of imidazole rings is 1. The molecule has 0 fully saturated rings. The summed E-state index contributed by atoms with van der Waals surface area (Å²) in [6.45, 7) is 0.740. The highest BCUT2D eigenvalue weighted by Gasteiger charge is 2.32. The van der Waals surface area contributed by atoms with E-state index >= 15 is 0 Å². The summed E-state index contributed by atoms with van der Waals surface area (Å²) in [5.41, 5.74) is 0.971. The van der Waals surface area contributed by atoms with Crippen molar-refractivity contribution in [1.82, 2.24) is 14.9 Å². The van der Waals surface area contributed by atoms with Crippen LogP contribution < -0.4 is 5.32 Å². The number of aromatic nitrogens is 2. The summed E-state index contributed by atoms with van der Waals surface area (Å²) in [4.78, 5) is 16.6. The van der Waals surface area contributed by atoms with Gasteiger partial charge in [0.2, 0.25) is 0 Å². The number of para-hydroxylation sites is 1. The lowest BCUT2D eigenvalue weighted by Gasteiger charge is -2.12. The molecule has 4 nitrogen and oxygen atoms in total. The van der Waals surface area contributed by atoms with Crippen LogP contribution in [0, 0.1) is 0 Å². The maximum Gasteiger partial charge on any atom is 0.416 e. The van der Waals surface area contributed by atoms with Crippen LogP contribution in [0.3, 0.4) is 0 Å². The molecule has 1 amide bonds. The van der Waals surface area contributed by atoms with Crippen LogP contribution in [0.1, 0.15) is 15.9 Å². The van der Waals surface area contributed by atoms with E-state index in [0.717, 1.165) is 12.1 Å². The lowest BCUT2D eigenvalue weighted by Crippen LogP contribution is -2.24. The Kier molecular flexibility index (Phi) is 3.50. The Morgan fingerprint density at radius 3 is 2.72 bits per heavy atom. The van der Waals surface area contributed by atoms with E-state index in [4.69, 9.17) is 11.6 Å². The van der Waals surface area contributed by atoms with Crippen molar-refractivity contribution in [1.29, 1.82) is 0 Å². The molecule has 0 atom stereocenters. The van der Waals surface area contributed by atoms with Crippen molar-refractivity contribution < 1.29 is 18.0 Å². The Morgan fingerprint density at radius 1 is 1.16 bits per heavy atom. The first kappa shape index (κ1) is 16.0. The van der Waals surface area contributed by atoms with Crippen molar-refractivity contribution >= 4 is 28.5 Å². The summed E-state index contributed by atoms with van der Waals surface area (Å²) in [6, 6.07) is 8.22. The predicted octanol–water partition coefficient (Wildman–Crippen LogP) is 4.12. The summed E-state index contributed by atoms with van der Waals surface area (Å²) < 4.78 is 40.9. The molecule has 0 bridgehead atoms. The standard InChI is InChI=1S/C17H11ClF3N3O/c18-12-5-4-9(17(19,20)21)8-11(12)15-23-13-3-1-2-10-14(13)24(15)7-6-22-16(10)25/h1-5,8H,6-7H2,(H,22,25). The molecule has 2 heterocycles. The van der Waals surface area contributed by atoms with E-state index in [1.165, 1.54) is 6.07 Å². The molecule has 8 heteroatoms. The van der Waals surface area contributed by atoms with Crippen molar-refractivity contribution in [3.8, 4) is 11.4 Å². The SMILES string of the molecule is O=C1NCCn2c(-c3cc(C(F)(F)F)ccc3Cl)nc3cccc1c32. The van der Waals surface area contributed by atoms with Crippen LogP contribution >= 0.6 is 11.6 Å². The van der Waals surface area contributed by atoms with Crippen LogP contribution in [0.25, 0.3) is 22.4 Å². The lowest BCUT2D eigenvalue weighted by atomic mass is 10.1. The Morgan fingerprint density at radius 2 is 1.96 bits per heavy atom. The number of carbonyl (C=O) groups excluding carboxylic acids is 1. The van der Waals surface area contributed by atoms with Gasteiger partial charge in [-0.1, -0.05) is 17.7 Å². The topological polar surface area (TPSA) is 46.9 Å². The van der Waals surface area contributed by atoms with Crippen LogP contribution in [-0.2, 0) is 12.7 Å². The van der Waals surface area contributed by atoms with Gasteiger partial charge in [0.05, 0.1) is 27.2 Å². The summed E-state index contributed by atoms with van der Waals surface area (Å²) in [6.07, 6.45) is -4.48. The van der Waals surface area contributed by atoms with E-state index in [-0.39, 0.29) is 16.5 Å². The molecule has 0 saturated carbocycles. The molecule has 0 spiro atoms. The second-order valence-corrected chi connectivity index (χ2v) is 6.12. The fraction of sp³-hybridized carbons (Fsp3) is 0.176. The number of rotatable bonds is 1. The summed E-state index contributed by atoms with van der Waals surface area (Å²) >= 11 is 6.16. The molecule has 1 N–H and O–H groups in total. The molecule has 128 valence electrons. The molecule has 4 rings (SSSR count). The number of halogens is 4. The minimum Gasteiger partial charge on any atom is -0.350 e. The highest BCUT2D eigenvalue weighted by Crippen LogP contribution is 2.37. The molecular weight excluding hydrogens is 355 g/mol. The van der Waals surface area contributed by atoms with Gasteiger partial charge in [0.15, 0.2) is 0 Å². The minimum absolute atomic E-state index is 0.171. The number of amides is 1. The van der Waals surface area contributed by atoms with E-state index in [1.54, 1.807) is 22.8 Å². The Labute approximate surface area is 145 Å². The average molecular weight is 366 g/mol. The number of hydrogen-bond acceptors (Lipinski definition) is 2. The molecular formula is C17H11ClF3N3O. The van der Waals surface area contributed by atoms with E-state index in [2.05, 4.69) is 10.3 Å². The minimum atomic E-state index is -4.48. The van der Waals surface area contributed by atoms with Crippen LogP contribution in [0.2, 0.25) is 5.02 Å². The maximum absolute atomic E-state index is 13.1. The Balaban J connectivity index is 2.01. The van der Waals surface area contributed by atoms with Crippen LogP contribution in [0.5, 0.6) is 0 Å². The molecule has 0 aliphatic carbocycles. The summed E-state index contributed by atoms with van der Waals surface area (Å²) in [5.74, 6) is 0.0842. The van der Waals surface area contributed by atoms with Gasteiger partial charge in [0.25, 0.3) is 5.91 Å². The number of carbonyl (C=O) groups is 1. The number of nitrogens with zero attached hydrogens (tertiary/aromatic N) is 2. The van der Waals surface area contributed by atoms with Crippen molar-refractivity contribution in [3.05, 3.63) is 52.5 Å². The van der Waals surface area contributed by atoms with Gasteiger partial charge in [-0.2, -0.15) is 13.2 Å². The average Bonchev–Trinajstić information content (AvgIpc) is 2.83. The Hall–Kier alpha value is -2.54. The van der Waals surface area contributed by atoms with E-state index < -0.39 is 11.7 Å². The van der Waals surface area contributed by atoms with Crippen molar-refractivity contribution in [2.24, 2.45) is 0 Å². The normalized spacial score (nSPS) is 14.5. The second kappa shape index (κ2) is 5.49. The number of nitrogens with one attached hydrogen (secondary N) is 1. The monoisotopic (exact) mass is 365 g/mol. The third kappa shape index (κ3) is 2.55. The van der Waals surface area contributed by atoms with Gasteiger partial charge in [-0.05, 0) is 30.3 Å². The van der Waals surface area contributed by atoms with Crippen molar-refractivity contribution in [3.63, 3.8) is 0 Å². The molecule has 0 radical (unpaired) electrons. The van der Waals surface area contributed by atoms with Crippen LogP contribution in [0.4, 0.5) is 13.2 Å². The quantitative estimate of drug-likeness (QED) is 0.705. The van der Waals surface area contributed by atoms with Crippen molar-refractivity contribution in [2.75, 3.05) is 6.54 Å². The smallest absolute Gasteiger partial charge is 0.350 e. The first-order valence-electron chi connectivity index (χ1n) is 7.51. The molecule has 2 aromatic carbocycles. The van der Waals surface area contributed by atoms with Gasteiger partial charge in [-0.15, -0.1) is 0 Å². The number of hydrogen-bond donors (Lipinski definition) is 1. The van der Waals surface area contributed by atoms with Gasteiger partial charge in [0.1, 0.15) is 5.82 Å². The van der Waals surface area contributed by atoms with Crippen molar-refractivity contribution in [2.45, 2.75) is 12.7 Å². The Bertz CT molecular complexity index is 1010.